The van der Waals surface area contributed by atoms with Gasteiger partial charge in [0.15, 0.2) is 0 Å². The molecule has 1 saturated heterocycles. The molecule has 6 nitrogen and oxygen atoms in total. The van der Waals surface area contributed by atoms with Crippen molar-refractivity contribution >= 4 is 5.82 Å². The Labute approximate surface area is 174 Å². The Hall–Kier alpha value is -2.18. The molecule has 0 bridgehead atoms. The summed E-state index contributed by atoms with van der Waals surface area (Å²) >= 11 is 0. The fraction of sp³-hybridized carbons (Fsp3) is 0.565. The predicted octanol–water partition coefficient (Wildman–Crippen LogP) is 3.46. The standard InChI is InChI=1S/C23H33N5O/c1-24-22-13-19(26-23(27-22)20-9-6-10-25-20)15-28(2)14-18-11-16-7-4-5-8-17(16)12-21(18)29-3/h11-13,20,25H,4-10,14-15H2,1-3H3,(H,24,26,27)/t20-/m0/s1. The van der Waals surface area contributed by atoms with Gasteiger partial charge in [0.25, 0.3) is 0 Å². The van der Waals surface area contributed by atoms with E-state index in [0.29, 0.717) is 0 Å². The van der Waals surface area contributed by atoms with Crippen LogP contribution in [0.4, 0.5) is 5.82 Å². The first-order chi connectivity index (χ1) is 14.2. The van der Waals surface area contributed by atoms with Crippen LogP contribution < -0.4 is 15.4 Å². The van der Waals surface area contributed by atoms with E-state index in [0.717, 1.165) is 49.1 Å². The van der Waals surface area contributed by atoms with Crippen LogP contribution in [-0.2, 0) is 25.9 Å². The molecule has 2 heterocycles. The monoisotopic (exact) mass is 395 g/mol. The second kappa shape index (κ2) is 9.09. The minimum Gasteiger partial charge on any atom is -0.496 e. The van der Waals surface area contributed by atoms with E-state index in [-0.39, 0.29) is 6.04 Å². The summed E-state index contributed by atoms with van der Waals surface area (Å²) in [5.74, 6) is 2.80. The van der Waals surface area contributed by atoms with Crippen molar-refractivity contribution in [2.45, 2.75) is 57.7 Å². The second-order valence-corrected chi connectivity index (χ2v) is 8.31. The highest BCUT2D eigenvalue weighted by Gasteiger charge is 2.21. The van der Waals surface area contributed by atoms with Crippen molar-refractivity contribution in [1.29, 1.82) is 0 Å². The minimum absolute atomic E-state index is 0.271. The van der Waals surface area contributed by atoms with Gasteiger partial charge in [-0.3, -0.25) is 4.90 Å². The van der Waals surface area contributed by atoms with Gasteiger partial charge < -0.3 is 15.4 Å². The molecule has 1 aromatic heterocycles. The largest absolute Gasteiger partial charge is 0.496 e. The van der Waals surface area contributed by atoms with Gasteiger partial charge in [0.05, 0.1) is 18.8 Å². The number of methoxy groups -OCH3 is 1. The third kappa shape index (κ3) is 4.70. The molecule has 0 amide bonds. The van der Waals surface area contributed by atoms with Crippen LogP contribution in [0.3, 0.4) is 0 Å². The fourth-order valence-corrected chi connectivity index (χ4v) is 4.54. The molecule has 156 valence electrons. The first-order valence-corrected chi connectivity index (χ1v) is 10.8. The number of nitrogens with zero attached hydrogens (tertiary/aromatic N) is 3. The van der Waals surface area contributed by atoms with E-state index >= 15 is 0 Å². The number of rotatable bonds is 7. The highest BCUT2D eigenvalue weighted by Crippen LogP contribution is 2.30. The normalized spacial score (nSPS) is 18.7. The molecule has 1 fully saturated rings. The van der Waals surface area contributed by atoms with Gasteiger partial charge in [-0.25, -0.2) is 9.97 Å². The molecule has 0 unspecified atom stereocenters. The molecule has 1 atom stereocenters. The number of ether oxygens (including phenoxy) is 1. The first-order valence-electron chi connectivity index (χ1n) is 10.8. The fourth-order valence-electron chi connectivity index (χ4n) is 4.54. The number of hydrogen-bond acceptors (Lipinski definition) is 6. The van der Waals surface area contributed by atoms with Crippen molar-refractivity contribution in [1.82, 2.24) is 20.2 Å². The lowest BCUT2D eigenvalue weighted by molar-refractivity contribution is 0.305. The summed E-state index contributed by atoms with van der Waals surface area (Å²) < 4.78 is 5.72. The quantitative estimate of drug-likeness (QED) is 0.749. The number of fused-ring (bicyclic) bond motifs is 1. The van der Waals surface area contributed by atoms with E-state index in [9.17, 15) is 0 Å². The van der Waals surface area contributed by atoms with Crippen LogP contribution >= 0.6 is 0 Å². The Balaban J connectivity index is 1.51. The number of nitrogens with one attached hydrogen (secondary N) is 2. The topological polar surface area (TPSA) is 62.3 Å². The van der Waals surface area contributed by atoms with Gasteiger partial charge in [-0.2, -0.15) is 0 Å². The van der Waals surface area contributed by atoms with E-state index in [1.165, 1.54) is 48.8 Å². The minimum atomic E-state index is 0.271. The van der Waals surface area contributed by atoms with Crippen molar-refractivity contribution in [3.8, 4) is 5.75 Å². The zero-order chi connectivity index (χ0) is 20.2. The molecule has 29 heavy (non-hydrogen) atoms. The molecule has 0 spiro atoms. The average Bonchev–Trinajstić information content (AvgIpc) is 3.28. The molecule has 0 radical (unpaired) electrons. The highest BCUT2D eigenvalue weighted by atomic mass is 16.5. The second-order valence-electron chi connectivity index (χ2n) is 8.31. The zero-order valence-electron chi connectivity index (χ0n) is 17.9. The summed E-state index contributed by atoms with van der Waals surface area (Å²) in [4.78, 5) is 11.9. The molecule has 4 rings (SSSR count). The number of aromatic nitrogens is 2. The van der Waals surface area contributed by atoms with Crippen LogP contribution in [0.1, 0.15) is 59.9 Å². The lowest BCUT2D eigenvalue weighted by atomic mass is 9.90. The Morgan fingerprint density at radius 2 is 1.90 bits per heavy atom. The Morgan fingerprint density at radius 1 is 1.10 bits per heavy atom. The van der Waals surface area contributed by atoms with Gasteiger partial charge in [0, 0.05) is 31.8 Å². The molecule has 1 aliphatic heterocycles. The Bertz CT molecular complexity index is 847. The lowest BCUT2D eigenvalue weighted by Gasteiger charge is -2.23. The van der Waals surface area contributed by atoms with E-state index < -0.39 is 0 Å². The van der Waals surface area contributed by atoms with Gasteiger partial charge >= 0.3 is 0 Å². The number of anilines is 1. The summed E-state index contributed by atoms with van der Waals surface area (Å²) in [6, 6.07) is 6.94. The van der Waals surface area contributed by atoms with Gasteiger partial charge in [-0.15, -0.1) is 0 Å². The molecule has 2 N–H and O–H groups in total. The Morgan fingerprint density at radius 3 is 2.59 bits per heavy atom. The predicted molar refractivity (Wildman–Crippen MR) is 116 cm³/mol. The molecule has 2 aromatic rings. The number of benzene rings is 1. The summed E-state index contributed by atoms with van der Waals surface area (Å²) in [5, 5.41) is 6.69. The van der Waals surface area contributed by atoms with E-state index in [4.69, 9.17) is 9.72 Å². The third-order valence-electron chi connectivity index (χ3n) is 6.04. The van der Waals surface area contributed by atoms with Crippen LogP contribution in [0.5, 0.6) is 5.75 Å². The van der Waals surface area contributed by atoms with Gasteiger partial charge in [0.1, 0.15) is 17.4 Å². The maximum Gasteiger partial charge on any atom is 0.147 e. The molecular weight excluding hydrogens is 362 g/mol. The van der Waals surface area contributed by atoms with Gasteiger partial charge in [-0.05, 0) is 69.3 Å². The van der Waals surface area contributed by atoms with Crippen molar-refractivity contribution in [3.63, 3.8) is 0 Å². The number of aryl methyl sites for hydroxylation is 2. The van der Waals surface area contributed by atoms with Crippen molar-refractivity contribution in [3.05, 3.63) is 46.4 Å². The van der Waals surface area contributed by atoms with Crippen molar-refractivity contribution in [2.75, 3.05) is 33.1 Å². The number of hydrogen-bond donors (Lipinski definition) is 2. The van der Waals surface area contributed by atoms with Crippen LogP contribution in [0.15, 0.2) is 18.2 Å². The van der Waals surface area contributed by atoms with Crippen LogP contribution in [0.2, 0.25) is 0 Å². The molecule has 0 saturated carbocycles. The molecule has 6 heteroatoms. The summed E-state index contributed by atoms with van der Waals surface area (Å²) in [6.45, 7) is 2.66. The third-order valence-corrected chi connectivity index (χ3v) is 6.04. The lowest BCUT2D eigenvalue weighted by Crippen LogP contribution is -2.21. The summed E-state index contributed by atoms with van der Waals surface area (Å²) in [6.07, 6.45) is 7.23. The molecule has 1 aromatic carbocycles. The van der Waals surface area contributed by atoms with E-state index in [2.05, 4.69) is 45.8 Å². The maximum absolute atomic E-state index is 5.72. The van der Waals surface area contributed by atoms with Crippen LogP contribution in [0.25, 0.3) is 0 Å². The zero-order valence-corrected chi connectivity index (χ0v) is 17.9. The van der Waals surface area contributed by atoms with Crippen LogP contribution in [-0.4, -0.2) is 42.6 Å². The maximum atomic E-state index is 5.72. The smallest absolute Gasteiger partial charge is 0.147 e. The van der Waals surface area contributed by atoms with Crippen LogP contribution in [0, 0.1) is 0 Å². The van der Waals surface area contributed by atoms with Gasteiger partial charge in [-0.1, -0.05) is 6.07 Å². The molecule has 2 aliphatic rings. The molecule has 1 aliphatic carbocycles. The van der Waals surface area contributed by atoms with Gasteiger partial charge in [0.2, 0.25) is 0 Å². The van der Waals surface area contributed by atoms with E-state index in [1.54, 1.807) is 7.11 Å². The first kappa shape index (κ1) is 20.1. The SMILES string of the molecule is CNc1cc(CN(C)Cc2cc3c(cc2OC)CCCC3)nc([C@@H]2CCCN2)n1. The van der Waals surface area contributed by atoms with Crippen molar-refractivity contribution < 1.29 is 4.74 Å². The summed E-state index contributed by atoms with van der Waals surface area (Å²) in [7, 11) is 5.84. The average molecular weight is 396 g/mol. The van der Waals surface area contributed by atoms with E-state index in [1.807, 2.05) is 7.05 Å². The van der Waals surface area contributed by atoms with Crippen molar-refractivity contribution in [2.24, 2.45) is 0 Å². The highest BCUT2D eigenvalue weighted by molar-refractivity contribution is 5.44. The summed E-state index contributed by atoms with van der Waals surface area (Å²) in [5.41, 5.74) is 5.26. The molecular formula is C23H33N5O. The Kier molecular flexibility index (Phi) is 6.31.